The largest absolute Gasteiger partial charge is 0.311 e. The van der Waals surface area contributed by atoms with Crippen LogP contribution >= 0.6 is 11.3 Å². The molecule has 2 unspecified atom stereocenters. The monoisotopic (exact) mass is 264 g/mol. The summed E-state index contributed by atoms with van der Waals surface area (Å²) in [7, 11) is 0. The van der Waals surface area contributed by atoms with Crippen molar-refractivity contribution in [3.63, 3.8) is 0 Å². The maximum atomic E-state index is 3.79. The molecule has 1 saturated carbocycles. The maximum absolute atomic E-state index is 3.79. The number of hydrogen-bond acceptors (Lipinski definition) is 3. The van der Waals surface area contributed by atoms with Crippen molar-refractivity contribution >= 4 is 11.3 Å². The minimum atomic E-state index is 0.743. The highest BCUT2D eigenvalue weighted by atomic mass is 32.1. The first-order chi connectivity index (χ1) is 8.86. The van der Waals surface area contributed by atoms with Gasteiger partial charge in [-0.2, -0.15) is 0 Å². The zero-order valence-corrected chi connectivity index (χ0v) is 12.1. The molecule has 1 aliphatic heterocycles. The van der Waals surface area contributed by atoms with Gasteiger partial charge in [-0.3, -0.25) is 4.90 Å². The Kier molecular flexibility index (Phi) is 4.02. The predicted molar refractivity (Wildman–Crippen MR) is 77.9 cm³/mol. The van der Waals surface area contributed by atoms with E-state index in [0.29, 0.717) is 0 Å². The van der Waals surface area contributed by atoms with Crippen molar-refractivity contribution in [1.82, 2.24) is 10.2 Å². The van der Waals surface area contributed by atoms with E-state index in [4.69, 9.17) is 0 Å². The summed E-state index contributed by atoms with van der Waals surface area (Å²) in [6.45, 7) is 5.91. The van der Waals surface area contributed by atoms with Crippen LogP contribution < -0.4 is 5.32 Å². The van der Waals surface area contributed by atoms with Crippen molar-refractivity contribution in [1.29, 1.82) is 0 Å². The molecule has 1 aliphatic carbocycles. The summed E-state index contributed by atoms with van der Waals surface area (Å²) in [6.07, 6.45) is 5.52. The van der Waals surface area contributed by atoms with E-state index in [2.05, 4.69) is 34.7 Å². The number of thiophene rings is 1. The van der Waals surface area contributed by atoms with Crippen molar-refractivity contribution < 1.29 is 0 Å². The Morgan fingerprint density at radius 1 is 1.44 bits per heavy atom. The molecule has 3 rings (SSSR count). The fourth-order valence-corrected chi connectivity index (χ4v) is 3.84. The Labute approximate surface area is 114 Å². The molecule has 1 N–H and O–H groups in total. The lowest BCUT2D eigenvalue weighted by Gasteiger charge is -2.40. The Hall–Kier alpha value is -0.380. The van der Waals surface area contributed by atoms with Gasteiger partial charge in [-0.25, -0.2) is 0 Å². The van der Waals surface area contributed by atoms with Crippen LogP contribution in [0.4, 0.5) is 0 Å². The molecule has 2 atom stereocenters. The van der Waals surface area contributed by atoms with Gasteiger partial charge in [0.25, 0.3) is 0 Å². The Morgan fingerprint density at radius 2 is 2.33 bits per heavy atom. The third-order valence-corrected chi connectivity index (χ3v) is 5.18. The van der Waals surface area contributed by atoms with E-state index >= 15 is 0 Å². The second-order valence-electron chi connectivity index (χ2n) is 5.80. The summed E-state index contributed by atoms with van der Waals surface area (Å²) >= 11 is 1.90. The smallest absolute Gasteiger partial charge is 0.0332 e. The molecular formula is C15H24N2S. The Morgan fingerprint density at radius 3 is 3.00 bits per heavy atom. The van der Waals surface area contributed by atoms with Crippen molar-refractivity contribution in [2.45, 2.75) is 51.2 Å². The van der Waals surface area contributed by atoms with Crippen LogP contribution in [-0.2, 0) is 6.54 Å². The molecule has 18 heavy (non-hydrogen) atoms. The van der Waals surface area contributed by atoms with Crippen LogP contribution in [0.1, 0.15) is 37.5 Å². The second-order valence-corrected chi connectivity index (χ2v) is 6.84. The number of hydrogen-bond donors (Lipinski definition) is 1. The number of nitrogens with zero attached hydrogens (tertiary/aromatic N) is 1. The van der Waals surface area contributed by atoms with Gasteiger partial charge in [0.05, 0.1) is 0 Å². The summed E-state index contributed by atoms with van der Waals surface area (Å²) in [6, 6.07) is 5.96. The highest BCUT2D eigenvalue weighted by Crippen LogP contribution is 2.35. The van der Waals surface area contributed by atoms with Crippen LogP contribution in [0, 0.1) is 5.92 Å². The molecule has 2 aliphatic rings. The van der Waals surface area contributed by atoms with Gasteiger partial charge >= 0.3 is 0 Å². The third kappa shape index (κ3) is 2.95. The van der Waals surface area contributed by atoms with E-state index in [1.165, 1.54) is 43.6 Å². The average Bonchev–Trinajstić information content (AvgIpc) is 3.11. The normalized spacial score (nSPS) is 29.6. The van der Waals surface area contributed by atoms with Gasteiger partial charge in [0.1, 0.15) is 0 Å². The maximum Gasteiger partial charge on any atom is 0.0332 e. The number of piperazine rings is 1. The molecule has 2 nitrogen and oxygen atoms in total. The van der Waals surface area contributed by atoms with E-state index in [1.807, 2.05) is 11.3 Å². The summed E-state index contributed by atoms with van der Waals surface area (Å²) in [5.41, 5.74) is 0. The molecule has 0 radical (unpaired) electrons. The minimum absolute atomic E-state index is 0.743. The first-order valence-corrected chi connectivity index (χ1v) is 8.24. The van der Waals surface area contributed by atoms with Crippen LogP contribution in [0.5, 0.6) is 0 Å². The lowest BCUT2D eigenvalue weighted by atomic mass is 10.0. The van der Waals surface area contributed by atoms with Crippen LogP contribution in [0.25, 0.3) is 0 Å². The van der Waals surface area contributed by atoms with Gasteiger partial charge in [0, 0.05) is 36.6 Å². The minimum Gasteiger partial charge on any atom is -0.311 e. The second kappa shape index (κ2) is 5.72. The number of nitrogens with one attached hydrogen (secondary N) is 1. The SMILES string of the molecule is CCCC1CNC(C2CC2)CN1Cc1cccs1. The third-order valence-electron chi connectivity index (χ3n) is 4.32. The van der Waals surface area contributed by atoms with Crippen LogP contribution in [0.3, 0.4) is 0 Å². The first kappa shape index (κ1) is 12.6. The average molecular weight is 264 g/mol. The van der Waals surface area contributed by atoms with Gasteiger partial charge in [-0.1, -0.05) is 19.4 Å². The number of rotatable bonds is 5. The summed E-state index contributed by atoms with van der Waals surface area (Å²) in [5, 5.41) is 5.99. The quantitative estimate of drug-likeness (QED) is 0.879. The van der Waals surface area contributed by atoms with Crippen molar-refractivity contribution in [2.75, 3.05) is 13.1 Å². The van der Waals surface area contributed by atoms with Crippen molar-refractivity contribution in [3.8, 4) is 0 Å². The molecule has 2 heterocycles. The first-order valence-electron chi connectivity index (χ1n) is 7.36. The lowest BCUT2D eigenvalue weighted by molar-refractivity contribution is 0.109. The highest BCUT2D eigenvalue weighted by molar-refractivity contribution is 7.09. The van der Waals surface area contributed by atoms with E-state index in [9.17, 15) is 0 Å². The van der Waals surface area contributed by atoms with E-state index in [0.717, 1.165) is 24.5 Å². The topological polar surface area (TPSA) is 15.3 Å². The summed E-state index contributed by atoms with van der Waals surface area (Å²) in [4.78, 5) is 4.25. The lowest BCUT2D eigenvalue weighted by Crippen LogP contribution is -2.56. The van der Waals surface area contributed by atoms with Gasteiger partial charge in [-0.15, -0.1) is 11.3 Å². The molecule has 1 saturated heterocycles. The highest BCUT2D eigenvalue weighted by Gasteiger charge is 2.36. The molecule has 0 spiro atoms. The molecule has 0 bridgehead atoms. The van der Waals surface area contributed by atoms with Gasteiger partial charge in [0.2, 0.25) is 0 Å². The van der Waals surface area contributed by atoms with Crippen LogP contribution in [-0.4, -0.2) is 30.1 Å². The summed E-state index contributed by atoms with van der Waals surface area (Å²) in [5.74, 6) is 0.971. The van der Waals surface area contributed by atoms with E-state index in [1.54, 1.807) is 0 Å². The molecule has 3 heteroatoms. The molecular weight excluding hydrogens is 240 g/mol. The van der Waals surface area contributed by atoms with Crippen LogP contribution in [0.15, 0.2) is 17.5 Å². The standard InChI is InChI=1S/C15H24N2S/c1-2-4-13-9-16-15(12-6-7-12)11-17(13)10-14-5-3-8-18-14/h3,5,8,12-13,15-16H,2,4,6-7,9-11H2,1H3. The Balaban J connectivity index is 1.64. The zero-order valence-electron chi connectivity index (χ0n) is 11.3. The predicted octanol–water partition coefficient (Wildman–Crippen LogP) is 3.10. The van der Waals surface area contributed by atoms with Crippen molar-refractivity contribution in [2.24, 2.45) is 5.92 Å². The van der Waals surface area contributed by atoms with Gasteiger partial charge in [0.15, 0.2) is 0 Å². The van der Waals surface area contributed by atoms with Crippen molar-refractivity contribution in [3.05, 3.63) is 22.4 Å². The van der Waals surface area contributed by atoms with E-state index in [-0.39, 0.29) is 0 Å². The molecule has 100 valence electrons. The molecule has 1 aromatic rings. The fourth-order valence-electron chi connectivity index (χ4n) is 3.11. The van der Waals surface area contributed by atoms with Gasteiger partial charge < -0.3 is 5.32 Å². The summed E-state index contributed by atoms with van der Waals surface area (Å²) < 4.78 is 0. The zero-order chi connectivity index (χ0) is 12.4. The van der Waals surface area contributed by atoms with Gasteiger partial charge in [-0.05, 0) is 36.6 Å². The van der Waals surface area contributed by atoms with Crippen LogP contribution in [0.2, 0.25) is 0 Å². The Bertz CT molecular complexity index is 359. The molecule has 0 aromatic carbocycles. The molecule has 2 fully saturated rings. The fraction of sp³-hybridized carbons (Fsp3) is 0.733. The molecule has 1 aromatic heterocycles. The molecule has 0 amide bonds. The van der Waals surface area contributed by atoms with E-state index < -0.39 is 0 Å².